The molecule has 1 aliphatic heterocycles. The van der Waals surface area contributed by atoms with Crippen molar-refractivity contribution in [1.82, 2.24) is 19.9 Å². The lowest BCUT2D eigenvalue weighted by molar-refractivity contribution is 0.0398. The minimum Gasteiger partial charge on any atom is -0.379 e. The van der Waals surface area contributed by atoms with Crippen LogP contribution in [0.4, 0.5) is 11.6 Å². The third-order valence-electron chi connectivity index (χ3n) is 6.41. The molecule has 0 aromatic carbocycles. The molecule has 0 radical (unpaired) electrons. The van der Waals surface area contributed by atoms with E-state index in [9.17, 15) is 0 Å². The van der Waals surface area contributed by atoms with Crippen LogP contribution in [-0.4, -0.2) is 73.3 Å². The number of hydrogen-bond acceptors (Lipinski definition) is 8. The largest absolute Gasteiger partial charge is 0.379 e. The number of fused-ring (bicyclic) bond motifs is 5. The van der Waals surface area contributed by atoms with Gasteiger partial charge < -0.3 is 15.0 Å². The van der Waals surface area contributed by atoms with Gasteiger partial charge in [0.2, 0.25) is 0 Å². The zero-order valence-corrected chi connectivity index (χ0v) is 19.1. The molecule has 4 heterocycles. The molecular weight excluding hydrogens is 396 g/mol. The van der Waals surface area contributed by atoms with Gasteiger partial charge in [-0.2, -0.15) is 0 Å². The van der Waals surface area contributed by atoms with E-state index in [0.29, 0.717) is 0 Å². The van der Waals surface area contributed by atoms with Gasteiger partial charge in [0.05, 0.1) is 23.4 Å². The summed E-state index contributed by atoms with van der Waals surface area (Å²) in [6, 6.07) is 0. The Bertz CT molecular complexity index is 1090. The number of thiophene rings is 1. The molecule has 1 N–H and O–H groups in total. The van der Waals surface area contributed by atoms with Crippen molar-refractivity contribution in [2.75, 3.05) is 63.7 Å². The fourth-order valence-electron chi connectivity index (χ4n) is 4.83. The molecule has 0 saturated carbocycles. The van der Waals surface area contributed by atoms with Crippen molar-refractivity contribution in [2.24, 2.45) is 0 Å². The molecule has 160 valence electrons. The number of pyridine rings is 1. The predicted molar refractivity (Wildman–Crippen MR) is 124 cm³/mol. The van der Waals surface area contributed by atoms with Gasteiger partial charge in [0.15, 0.2) is 0 Å². The molecule has 0 amide bonds. The number of aromatic nitrogens is 3. The standard InChI is InChI=1S/C22H30N6OS/c1-22(2)6-5-14-16(22)15-17-18(30-21(15)26-20(14)27(3)4)19(25-13-24-17)23-7-8-28-9-11-29-12-10-28/h13H,5-12H2,1-4H3,(H,23,24,25). The van der Waals surface area contributed by atoms with E-state index < -0.39 is 0 Å². The molecule has 8 heteroatoms. The monoisotopic (exact) mass is 426 g/mol. The number of ether oxygens (including phenoxy) is 1. The first-order valence-corrected chi connectivity index (χ1v) is 11.6. The second-order valence-electron chi connectivity index (χ2n) is 9.13. The molecule has 0 bridgehead atoms. The van der Waals surface area contributed by atoms with E-state index in [1.807, 2.05) is 0 Å². The first-order chi connectivity index (χ1) is 14.5. The molecule has 1 fully saturated rings. The molecule has 7 nitrogen and oxygen atoms in total. The zero-order valence-electron chi connectivity index (χ0n) is 18.3. The van der Waals surface area contributed by atoms with Crippen molar-refractivity contribution in [3.63, 3.8) is 0 Å². The minimum atomic E-state index is 0.129. The lowest BCUT2D eigenvalue weighted by Crippen LogP contribution is -2.39. The van der Waals surface area contributed by atoms with E-state index in [-0.39, 0.29) is 5.41 Å². The second-order valence-corrected chi connectivity index (χ2v) is 10.1. The van der Waals surface area contributed by atoms with Gasteiger partial charge in [0, 0.05) is 45.7 Å². The van der Waals surface area contributed by atoms with Crippen LogP contribution in [-0.2, 0) is 16.6 Å². The van der Waals surface area contributed by atoms with Gasteiger partial charge in [0.25, 0.3) is 0 Å². The third kappa shape index (κ3) is 3.31. The fourth-order valence-corrected chi connectivity index (χ4v) is 5.93. The van der Waals surface area contributed by atoms with Crippen LogP contribution < -0.4 is 10.2 Å². The molecule has 2 aliphatic rings. The summed E-state index contributed by atoms with van der Waals surface area (Å²) in [4.78, 5) is 20.0. The average Bonchev–Trinajstić information content (AvgIpc) is 3.25. The normalized spacial score (nSPS) is 18.8. The molecule has 1 aliphatic carbocycles. The van der Waals surface area contributed by atoms with Crippen molar-refractivity contribution in [3.05, 3.63) is 17.5 Å². The van der Waals surface area contributed by atoms with Gasteiger partial charge in [-0.3, -0.25) is 4.90 Å². The number of nitrogens with zero attached hydrogens (tertiary/aromatic N) is 5. The highest BCUT2D eigenvalue weighted by Gasteiger charge is 2.36. The van der Waals surface area contributed by atoms with E-state index >= 15 is 0 Å². The van der Waals surface area contributed by atoms with Crippen molar-refractivity contribution in [3.8, 4) is 0 Å². The molecule has 1 saturated heterocycles. The highest BCUT2D eigenvalue weighted by Crippen LogP contribution is 2.49. The molecular formula is C22H30N6OS. The number of nitrogens with one attached hydrogen (secondary N) is 1. The van der Waals surface area contributed by atoms with E-state index in [2.05, 4.69) is 48.0 Å². The van der Waals surface area contributed by atoms with Crippen molar-refractivity contribution >= 4 is 43.4 Å². The second kappa shape index (κ2) is 7.59. The van der Waals surface area contributed by atoms with E-state index in [0.717, 1.165) is 78.9 Å². The predicted octanol–water partition coefficient (Wildman–Crippen LogP) is 3.27. The minimum absolute atomic E-state index is 0.129. The molecule has 0 atom stereocenters. The van der Waals surface area contributed by atoms with Gasteiger partial charge >= 0.3 is 0 Å². The number of anilines is 2. The lowest BCUT2D eigenvalue weighted by atomic mass is 9.85. The summed E-state index contributed by atoms with van der Waals surface area (Å²) < 4.78 is 6.56. The topological polar surface area (TPSA) is 66.4 Å². The maximum absolute atomic E-state index is 5.44. The Kier molecular flexibility index (Phi) is 5.03. The van der Waals surface area contributed by atoms with E-state index in [1.165, 1.54) is 16.5 Å². The Labute approximate surface area is 181 Å². The van der Waals surface area contributed by atoms with Crippen molar-refractivity contribution < 1.29 is 4.74 Å². The van der Waals surface area contributed by atoms with E-state index in [1.54, 1.807) is 17.7 Å². The fraction of sp³-hybridized carbons (Fsp3) is 0.591. The Morgan fingerprint density at radius 1 is 1.23 bits per heavy atom. The quantitative estimate of drug-likeness (QED) is 0.672. The smallest absolute Gasteiger partial charge is 0.147 e. The molecule has 30 heavy (non-hydrogen) atoms. The average molecular weight is 427 g/mol. The lowest BCUT2D eigenvalue weighted by Gasteiger charge is -2.26. The summed E-state index contributed by atoms with van der Waals surface area (Å²) in [5.74, 6) is 2.02. The Hall–Kier alpha value is -2.03. The van der Waals surface area contributed by atoms with Crippen LogP contribution in [0.2, 0.25) is 0 Å². The first-order valence-electron chi connectivity index (χ1n) is 10.8. The van der Waals surface area contributed by atoms with Gasteiger partial charge in [-0.15, -0.1) is 11.3 Å². The summed E-state index contributed by atoms with van der Waals surface area (Å²) in [5, 5.41) is 4.79. The Morgan fingerprint density at radius 3 is 2.80 bits per heavy atom. The summed E-state index contributed by atoms with van der Waals surface area (Å²) in [6.07, 6.45) is 3.92. The zero-order chi connectivity index (χ0) is 20.9. The SMILES string of the molecule is CN(C)c1nc2sc3c(NCCN4CCOCC4)ncnc3c2c2c1CCC2(C)C. The molecule has 5 rings (SSSR count). The summed E-state index contributed by atoms with van der Waals surface area (Å²) in [7, 11) is 4.18. The maximum Gasteiger partial charge on any atom is 0.147 e. The van der Waals surface area contributed by atoms with Crippen LogP contribution in [0.3, 0.4) is 0 Å². The van der Waals surface area contributed by atoms with E-state index in [4.69, 9.17) is 14.7 Å². The Morgan fingerprint density at radius 2 is 2.03 bits per heavy atom. The van der Waals surface area contributed by atoms with Crippen LogP contribution in [0.25, 0.3) is 20.4 Å². The number of morpholine rings is 1. The van der Waals surface area contributed by atoms with Crippen LogP contribution in [0, 0.1) is 0 Å². The van der Waals surface area contributed by atoms with Gasteiger partial charge in [-0.25, -0.2) is 15.0 Å². The highest BCUT2D eigenvalue weighted by atomic mass is 32.1. The summed E-state index contributed by atoms with van der Waals surface area (Å²) in [5.41, 5.74) is 3.99. The molecule has 0 unspecified atom stereocenters. The summed E-state index contributed by atoms with van der Waals surface area (Å²) >= 11 is 1.71. The number of rotatable bonds is 5. The highest BCUT2D eigenvalue weighted by molar-refractivity contribution is 7.26. The van der Waals surface area contributed by atoms with Crippen LogP contribution in [0.1, 0.15) is 31.4 Å². The van der Waals surface area contributed by atoms with Crippen molar-refractivity contribution in [2.45, 2.75) is 32.1 Å². The summed E-state index contributed by atoms with van der Waals surface area (Å²) in [6.45, 7) is 10.2. The molecule has 3 aromatic heterocycles. The molecule has 3 aromatic rings. The Balaban J connectivity index is 1.55. The first kappa shape index (κ1) is 19.9. The van der Waals surface area contributed by atoms with Gasteiger partial charge in [-0.1, -0.05) is 13.8 Å². The van der Waals surface area contributed by atoms with Crippen LogP contribution in [0.15, 0.2) is 6.33 Å². The molecule has 0 spiro atoms. The van der Waals surface area contributed by atoms with Gasteiger partial charge in [0.1, 0.15) is 22.8 Å². The number of hydrogen-bond donors (Lipinski definition) is 1. The van der Waals surface area contributed by atoms with Gasteiger partial charge in [-0.05, 0) is 29.4 Å². The van der Waals surface area contributed by atoms with Crippen LogP contribution in [0.5, 0.6) is 0 Å². The van der Waals surface area contributed by atoms with Crippen molar-refractivity contribution in [1.29, 1.82) is 0 Å². The van der Waals surface area contributed by atoms with Crippen LogP contribution >= 0.6 is 11.3 Å². The maximum atomic E-state index is 5.44. The third-order valence-corrected chi connectivity index (χ3v) is 7.49.